The maximum Gasteiger partial charge on any atom is 0.321 e. The molecule has 1 aliphatic heterocycles. The molecule has 0 bridgehead atoms. The molecular weight excluding hydrogens is 446 g/mol. The molecule has 3 aromatic rings. The fourth-order valence-corrected chi connectivity index (χ4v) is 4.28. The average molecular weight is 474 g/mol. The number of nitriles is 1. The summed E-state index contributed by atoms with van der Waals surface area (Å²) < 4.78 is 5.78. The summed E-state index contributed by atoms with van der Waals surface area (Å²) in [5.74, 6) is 0.445. The minimum Gasteiger partial charge on any atom is -0.463 e. The number of piperidine rings is 1. The van der Waals surface area contributed by atoms with Crippen LogP contribution in [0.1, 0.15) is 54.8 Å². The first kappa shape index (κ1) is 22.7. The van der Waals surface area contributed by atoms with E-state index in [1.165, 1.54) is 0 Å². The van der Waals surface area contributed by atoms with Crippen molar-refractivity contribution in [1.82, 2.24) is 35.5 Å². The van der Waals surface area contributed by atoms with E-state index in [9.17, 15) is 4.79 Å². The molecule has 0 spiro atoms. The topological polar surface area (TPSA) is 146 Å². The number of allylic oxidation sites excluding steroid dienone is 1. The van der Waals surface area contributed by atoms with Gasteiger partial charge in [-0.2, -0.15) is 25.3 Å². The van der Waals surface area contributed by atoms with Crippen molar-refractivity contribution in [2.45, 2.75) is 38.5 Å². The van der Waals surface area contributed by atoms with Crippen molar-refractivity contribution < 1.29 is 9.53 Å². The third kappa shape index (κ3) is 4.91. The molecule has 1 saturated carbocycles. The van der Waals surface area contributed by atoms with E-state index in [1.54, 1.807) is 6.20 Å². The van der Waals surface area contributed by atoms with E-state index in [4.69, 9.17) is 10.00 Å². The number of aromatic amines is 1. The first-order valence-electron chi connectivity index (χ1n) is 11.9. The minimum atomic E-state index is -0.446. The van der Waals surface area contributed by atoms with Crippen LogP contribution in [0.2, 0.25) is 0 Å². The van der Waals surface area contributed by atoms with Crippen LogP contribution in [0.5, 0.6) is 6.01 Å². The molecule has 11 nitrogen and oxygen atoms in total. The summed E-state index contributed by atoms with van der Waals surface area (Å²) in [6, 6.07) is 6.30. The van der Waals surface area contributed by atoms with E-state index in [1.807, 2.05) is 24.0 Å². The van der Waals surface area contributed by atoms with Crippen molar-refractivity contribution in [3.63, 3.8) is 0 Å². The van der Waals surface area contributed by atoms with E-state index in [-0.39, 0.29) is 23.7 Å². The van der Waals surface area contributed by atoms with E-state index in [0.717, 1.165) is 36.0 Å². The molecule has 0 radical (unpaired) electrons. The number of amides is 1. The standard InChI is InChI=1S/C24H27N9O2/c1-3-14(2)27-22(34)21-28-23(30-24(29-21)35-13-17-11-16(17)12-25)33-9-6-15(7-10-33)19-18-5-4-8-26-20(18)32-31-19/h4-5,8,15-17H,2-3,6-7,9-11,13H2,1H3,(H,27,34)(H,26,31,32)/t16-,17+/m0/s1. The van der Waals surface area contributed by atoms with Crippen LogP contribution in [0.3, 0.4) is 0 Å². The Hall–Kier alpha value is -4.07. The number of rotatable bonds is 8. The number of nitrogens with one attached hydrogen (secondary N) is 2. The minimum absolute atomic E-state index is 0.0137. The van der Waals surface area contributed by atoms with Crippen LogP contribution >= 0.6 is 0 Å². The molecule has 11 heteroatoms. The number of carbonyl (C=O) groups is 1. The van der Waals surface area contributed by atoms with Gasteiger partial charge in [-0.3, -0.25) is 9.89 Å². The number of hydrogen-bond donors (Lipinski definition) is 2. The molecule has 1 aliphatic carbocycles. The molecule has 180 valence electrons. The maximum atomic E-state index is 12.7. The summed E-state index contributed by atoms with van der Waals surface area (Å²) in [5, 5.41) is 20.3. The van der Waals surface area contributed by atoms with Gasteiger partial charge in [-0.1, -0.05) is 13.5 Å². The molecule has 1 saturated heterocycles. The van der Waals surface area contributed by atoms with Crippen LogP contribution in [0, 0.1) is 23.2 Å². The Balaban J connectivity index is 1.32. The van der Waals surface area contributed by atoms with Gasteiger partial charge in [0.25, 0.3) is 5.91 Å². The lowest BCUT2D eigenvalue weighted by atomic mass is 9.92. The summed E-state index contributed by atoms with van der Waals surface area (Å²) >= 11 is 0. The molecule has 35 heavy (non-hydrogen) atoms. The van der Waals surface area contributed by atoms with Crippen LogP contribution < -0.4 is 15.0 Å². The number of aromatic nitrogens is 6. The number of H-pyrrole nitrogens is 1. The molecule has 2 fully saturated rings. The molecule has 2 aliphatic rings. The Bertz CT molecular complexity index is 1290. The lowest BCUT2D eigenvalue weighted by molar-refractivity contribution is 0.0952. The zero-order valence-corrected chi connectivity index (χ0v) is 19.6. The molecule has 2 N–H and O–H groups in total. The van der Waals surface area contributed by atoms with Gasteiger partial charge >= 0.3 is 6.01 Å². The van der Waals surface area contributed by atoms with Crippen molar-refractivity contribution in [2.75, 3.05) is 24.6 Å². The highest BCUT2D eigenvalue weighted by Gasteiger charge is 2.38. The fraction of sp³-hybridized carbons (Fsp3) is 0.458. The summed E-state index contributed by atoms with van der Waals surface area (Å²) in [6.07, 6.45) is 4.89. The largest absolute Gasteiger partial charge is 0.463 e. The van der Waals surface area contributed by atoms with Gasteiger partial charge in [-0.05, 0) is 37.8 Å². The molecular formula is C24H27N9O2. The van der Waals surface area contributed by atoms with E-state index >= 15 is 0 Å². The van der Waals surface area contributed by atoms with E-state index in [0.29, 0.717) is 43.7 Å². The smallest absolute Gasteiger partial charge is 0.321 e. The van der Waals surface area contributed by atoms with Crippen LogP contribution in [0.4, 0.5) is 5.95 Å². The van der Waals surface area contributed by atoms with Gasteiger partial charge in [0.15, 0.2) is 5.65 Å². The third-order valence-corrected chi connectivity index (χ3v) is 6.58. The number of pyridine rings is 1. The molecule has 1 amide bonds. The Morgan fingerprint density at radius 3 is 2.91 bits per heavy atom. The first-order valence-corrected chi connectivity index (χ1v) is 11.9. The predicted molar refractivity (Wildman–Crippen MR) is 128 cm³/mol. The van der Waals surface area contributed by atoms with Crippen molar-refractivity contribution in [3.8, 4) is 12.1 Å². The average Bonchev–Trinajstić information content (AvgIpc) is 3.54. The lowest BCUT2D eigenvalue weighted by Crippen LogP contribution is -2.35. The monoisotopic (exact) mass is 473 g/mol. The van der Waals surface area contributed by atoms with Gasteiger partial charge in [0, 0.05) is 47.9 Å². The summed E-state index contributed by atoms with van der Waals surface area (Å²) in [4.78, 5) is 32.2. The number of hydrogen-bond acceptors (Lipinski definition) is 9. The second-order valence-electron chi connectivity index (χ2n) is 8.97. The van der Waals surface area contributed by atoms with Crippen molar-refractivity contribution in [2.24, 2.45) is 11.8 Å². The van der Waals surface area contributed by atoms with Crippen molar-refractivity contribution in [1.29, 1.82) is 5.26 Å². The molecule has 4 heterocycles. The van der Waals surface area contributed by atoms with Gasteiger partial charge in [-0.25, -0.2) is 4.98 Å². The van der Waals surface area contributed by atoms with Crippen LogP contribution in [-0.2, 0) is 0 Å². The number of anilines is 1. The Labute approximate surface area is 202 Å². The molecule has 5 rings (SSSR count). The van der Waals surface area contributed by atoms with Gasteiger partial charge < -0.3 is 15.0 Å². The van der Waals surface area contributed by atoms with Crippen molar-refractivity contribution in [3.05, 3.63) is 42.1 Å². The lowest BCUT2D eigenvalue weighted by Gasteiger charge is -2.31. The quantitative estimate of drug-likeness (QED) is 0.504. The van der Waals surface area contributed by atoms with Gasteiger partial charge in [0.2, 0.25) is 11.8 Å². The van der Waals surface area contributed by atoms with Crippen molar-refractivity contribution >= 4 is 22.9 Å². The summed E-state index contributed by atoms with van der Waals surface area (Å²) in [5.41, 5.74) is 2.40. The summed E-state index contributed by atoms with van der Waals surface area (Å²) in [6.45, 7) is 7.48. The molecule has 0 aromatic carbocycles. The van der Waals surface area contributed by atoms with Gasteiger partial charge in [-0.15, -0.1) is 0 Å². The predicted octanol–water partition coefficient (Wildman–Crippen LogP) is 2.72. The second-order valence-corrected chi connectivity index (χ2v) is 8.97. The zero-order valence-electron chi connectivity index (χ0n) is 19.6. The molecule has 0 unspecified atom stereocenters. The third-order valence-electron chi connectivity index (χ3n) is 6.58. The zero-order chi connectivity index (χ0) is 24.4. The van der Waals surface area contributed by atoms with Crippen LogP contribution in [0.25, 0.3) is 11.0 Å². The highest BCUT2D eigenvalue weighted by Crippen LogP contribution is 2.38. The number of nitrogens with zero attached hydrogens (tertiary/aromatic N) is 7. The first-order chi connectivity index (χ1) is 17.1. The fourth-order valence-electron chi connectivity index (χ4n) is 4.28. The van der Waals surface area contributed by atoms with Gasteiger partial charge in [0.1, 0.15) is 0 Å². The maximum absolute atomic E-state index is 12.7. The second kappa shape index (κ2) is 9.66. The summed E-state index contributed by atoms with van der Waals surface area (Å²) in [7, 11) is 0. The number of fused-ring (bicyclic) bond motifs is 1. The number of carbonyl (C=O) groups excluding carboxylic acids is 1. The molecule has 3 aromatic heterocycles. The number of ether oxygens (including phenoxy) is 1. The Morgan fingerprint density at radius 2 is 2.17 bits per heavy atom. The SMILES string of the molecule is C=C(CC)NC(=O)c1nc(OC[C@H]2C[C@H]2C#N)nc(N2CCC(c3[nH]nc4ncccc34)CC2)n1. The van der Waals surface area contributed by atoms with Crippen LogP contribution in [0.15, 0.2) is 30.6 Å². The van der Waals surface area contributed by atoms with Crippen LogP contribution in [-0.4, -0.2) is 55.7 Å². The van der Waals surface area contributed by atoms with E-state index in [2.05, 4.69) is 48.1 Å². The normalized spacial score (nSPS) is 19.8. The Kier molecular flexibility index (Phi) is 6.27. The molecule has 2 atom stereocenters. The van der Waals surface area contributed by atoms with Gasteiger partial charge in [0.05, 0.1) is 18.6 Å². The Morgan fingerprint density at radius 1 is 1.34 bits per heavy atom. The highest BCUT2D eigenvalue weighted by molar-refractivity contribution is 5.91. The van der Waals surface area contributed by atoms with E-state index < -0.39 is 5.91 Å². The highest BCUT2D eigenvalue weighted by atomic mass is 16.5.